The van der Waals surface area contributed by atoms with Gasteiger partial charge in [-0.25, -0.2) is 4.39 Å². The van der Waals surface area contributed by atoms with E-state index in [1.807, 2.05) is 23.5 Å². The lowest BCUT2D eigenvalue weighted by Crippen LogP contribution is -2.43. The maximum Gasteiger partial charge on any atom is 0.123 e. The van der Waals surface area contributed by atoms with Crippen molar-refractivity contribution in [3.05, 3.63) is 58.0 Å². The van der Waals surface area contributed by atoms with Crippen LogP contribution in [0, 0.1) is 11.7 Å². The molecule has 1 aliphatic carbocycles. The molecule has 0 bridgehead atoms. The number of benzene rings is 1. The molecule has 1 saturated carbocycles. The lowest BCUT2D eigenvalue weighted by Gasteiger charge is -2.39. The van der Waals surface area contributed by atoms with Crippen molar-refractivity contribution in [2.24, 2.45) is 5.92 Å². The molecular weight excluding hydrogens is 281 g/mol. The van der Waals surface area contributed by atoms with E-state index in [4.69, 9.17) is 0 Å². The number of hydrogen-bond acceptors (Lipinski definition) is 2. The average molecular weight is 303 g/mol. The fourth-order valence-electron chi connectivity index (χ4n) is 3.09. The molecule has 1 nitrogen and oxygen atoms in total. The van der Waals surface area contributed by atoms with Gasteiger partial charge in [-0.3, -0.25) is 0 Å². The smallest absolute Gasteiger partial charge is 0.123 e. The summed E-state index contributed by atoms with van der Waals surface area (Å²) in [7, 11) is 0. The number of nitrogens with one attached hydrogen (secondary N) is 1. The van der Waals surface area contributed by atoms with Crippen LogP contribution < -0.4 is 5.32 Å². The van der Waals surface area contributed by atoms with E-state index in [9.17, 15) is 4.39 Å². The van der Waals surface area contributed by atoms with Gasteiger partial charge in [-0.15, -0.1) is 11.3 Å². The first-order valence-electron chi connectivity index (χ1n) is 7.68. The van der Waals surface area contributed by atoms with Crippen molar-refractivity contribution in [2.45, 2.75) is 44.7 Å². The summed E-state index contributed by atoms with van der Waals surface area (Å²) in [6.07, 6.45) is 2.31. The zero-order valence-electron chi connectivity index (χ0n) is 12.6. The highest BCUT2D eigenvalue weighted by atomic mass is 32.1. The van der Waals surface area contributed by atoms with Crippen molar-refractivity contribution >= 4 is 11.3 Å². The van der Waals surface area contributed by atoms with E-state index in [0.717, 1.165) is 12.8 Å². The normalized spacial score (nSPS) is 23.0. The maximum atomic E-state index is 13.0. The Morgan fingerprint density at radius 1 is 1.14 bits per heavy atom. The molecule has 0 radical (unpaired) electrons. The summed E-state index contributed by atoms with van der Waals surface area (Å²) in [4.78, 5) is 1.43. The van der Waals surface area contributed by atoms with E-state index in [0.29, 0.717) is 23.9 Å². The van der Waals surface area contributed by atoms with Gasteiger partial charge >= 0.3 is 0 Å². The van der Waals surface area contributed by atoms with E-state index >= 15 is 0 Å². The molecule has 21 heavy (non-hydrogen) atoms. The van der Waals surface area contributed by atoms with Gasteiger partial charge in [0.2, 0.25) is 0 Å². The minimum Gasteiger partial charge on any atom is -0.306 e. The Morgan fingerprint density at radius 2 is 1.86 bits per heavy atom. The molecule has 3 rings (SSSR count). The first-order valence-corrected chi connectivity index (χ1v) is 8.56. The van der Waals surface area contributed by atoms with Gasteiger partial charge < -0.3 is 5.32 Å². The van der Waals surface area contributed by atoms with Gasteiger partial charge in [-0.2, -0.15) is 0 Å². The van der Waals surface area contributed by atoms with E-state index in [1.165, 1.54) is 10.4 Å². The molecule has 1 unspecified atom stereocenters. The second kappa shape index (κ2) is 6.29. The SMILES string of the molecule is CC(C)C(NC1CC(c2ccc(F)cc2)C1)c1cccs1. The van der Waals surface area contributed by atoms with E-state index < -0.39 is 0 Å². The van der Waals surface area contributed by atoms with Crippen LogP contribution in [0.3, 0.4) is 0 Å². The first-order chi connectivity index (χ1) is 10.1. The summed E-state index contributed by atoms with van der Waals surface area (Å²) in [6, 6.07) is 12.4. The molecule has 0 amide bonds. The van der Waals surface area contributed by atoms with Crippen molar-refractivity contribution in [3.8, 4) is 0 Å². The minimum atomic E-state index is -0.148. The summed E-state index contributed by atoms with van der Waals surface area (Å²) < 4.78 is 13.0. The van der Waals surface area contributed by atoms with Gasteiger partial charge in [0.25, 0.3) is 0 Å². The third-order valence-corrected chi connectivity index (χ3v) is 5.37. The van der Waals surface area contributed by atoms with Crippen LogP contribution in [0.2, 0.25) is 0 Å². The van der Waals surface area contributed by atoms with Crippen LogP contribution in [0.15, 0.2) is 41.8 Å². The van der Waals surface area contributed by atoms with Crippen LogP contribution in [0.5, 0.6) is 0 Å². The van der Waals surface area contributed by atoms with Crippen molar-refractivity contribution in [1.82, 2.24) is 5.32 Å². The molecule has 1 heterocycles. The largest absolute Gasteiger partial charge is 0.306 e. The molecule has 0 spiro atoms. The van der Waals surface area contributed by atoms with Crippen molar-refractivity contribution in [3.63, 3.8) is 0 Å². The molecule has 1 atom stereocenters. The van der Waals surface area contributed by atoms with Crippen LogP contribution >= 0.6 is 11.3 Å². The van der Waals surface area contributed by atoms with Crippen LogP contribution in [0.25, 0.3) is 0 Å². The second-order valence-corrected chi connectivity index (χ2v) is 7.30. The highest BCUT2D eigenvalue weighted by Crippen LogP contribution is 2.39. The molecule has 1 fully saturated rings. The van der Waals surface area contributed by atoms with Crippen molar-refractivity contribution in [2.75, 3.05) is 0 Å². The molecule has 0 aliphatic heterocycles. The molecular formula is C18H22FNS. The van der Waals surface area contributed by atoms with Crippen molar-refractivity contribution < 1.29 is 4.39 Å². The predicted octanol–water partition coefficient (Wildman–Crippen LogP) is 5.12. The standard InChI is InChI=1S/C18H22FNS/c1-12(2)18(17-4-3-9-21-17)20-16-10-14(11-16)13-5-7-15(19)8-6-13/h3-9,12,14,16,18,20H,10-11H2,1-2H3. The van der Waals surface area contributed by atoms with Gasteiger partial charge in [0.1, 0.15) is 5.82 Å². The molecule has 1 aromatic heterocycles. The predicted molar refractivity (Wildman–Crippen MR) is 87.2 cm³/mol. The first kappa shape index (κ1) is 14.7. The van der Waals surface area contributed by atoms with Crippen LogP contribution in [-0.2, 0) is 0 Å². The Bertz CT molecular complexity index is 555. The van der Waals surface area contributed by atoms with E-state index in [1.54, 1.807) is 12.1 Å². The van der Waals surface area contributed by atoms with E-state index in [-0.39, 0.29) is 5.82 Å². The number of thiophene rings is 1. The van der Waals surface area contributed by atoms with Crippen molar-refractivity contribution in [1.29, 1.82) is 0 Å². The third kappa shape index (κ3) is 3.35. The summed E-state index contributed by atoms with van der Waals surface area (Å²) in [6.45, 7) is 4.54. The minimum absolute atomic E-state index is 0.148. The lowest BCUT2D eigenvalue weighted by atomic mass is 9.75. The monoisotopic (exact) mass is 303 g/mol. The van der Waals surface area contributed by atoms with Crippen LogP contribution in [0.4, 0.5) is 4.39 Å². The number of halogens is 1. The fraction of sp³-hybridized carbons (Fsp3) is 0.444. The zero-order valence-corrected chi connectivity index (χ0v) is 13.4. The van der Waals surface area contributed by atoms with E-state index in [2.05, 4.69) is 36.7 Å². The second-order valence-electron chi connectivity index (χ2n) is 6.32. The van der Waals surface area contributed by atoms with Gasteiger partial charge in [0, 0.05) is 17.0 Å². The summed E-state index contributed by atoms with van der Waals surface area (Å²) in [5, 5.41) is 5.95. The van der Waals surface area contributed by atoms with Crippen LogP contribution in [0.1, 0.15) is 49.1 Å². The lowest BCUT2D eigenvalue weighted by molar-refractivity contribution is 0.243. The Balaban J connectivity index is 1.57. The third-order valence-electron chi connectivity index (χ3n) is 4.41. The zero-order chi connectivity index (χ0) is 14.8. The van der Waals surface area contributed by atoms with Gasteiger partial charge in [-0.1, -0.05) is 32.0 Å². The Hall–Kier alpha value is -1.19. The van der Waals surface area contributed by atoms with Gasteiger partial charge in [0.15, 0.2) is 0 Å². The number of rotatable bonds is 5. The molecule has 3 heteroatoms. The maximum absolute atomic E-state index is 13.0. The molecule has 1 aromatic carbocycles. The average Bonchev–Trinajstić information content (AvgIpc) is 2.92. The molecule has 1 N–H and O–H groups in total. The summed E-state index contributed by atoms with van der Waals surface area (Å²) in [5.41, 5.74) is 1.27. The summed E-state index contributed by atoms with van der Waals surface area (Å²) in [5.74, 6) is 1.03. The highest BCUT2D eigenvalue weighted by Gasteiger charge is 2.32. The number of hydrogen-bond donors (Lipinski definition) is 1. The Labute approximate surface area is 130 Å². The Morgan fingerprint density at radius 3 is 2.43 bits per heavy atom. The van der Waals surface area contributed by atoms with Crippen LogP contribution in [-0.4, -0.2) is 6.04 Å². The Kier molecular flexibility index (Phi) is 4.41. The summed E-state index contributed by atoms with van der Waals surface area (Å²) >= 11 is 1.83. The fourth-order valence-corrected chi connectivity index (χ4v) is 4.04. The topological polar surface area (TPSA) is 12.0 Å². The highest BCUT2D eigenvalue weighted by molar-refractivity contribution is 7.10. The molecule has 0 saturated heterocycles. The van der Waals surface area contributed by atoms with Gasteiger partial charge in [0.05, 0.1) is 0 Å². The molecule has 2 aromatic rings. The quantitative estimate of drug-likeness (QED) is 0.808. The molecule has 112 valence electrons. The van der Waals surface area contributed by atoms with Gasteiger partial charge in [-0.05, 0) is 53.8 Å². The molecule has 1 aliphatic rings.